The molecule has 1 amide bonds. The van der Waals surface area contributed by atoms with Gasteiger partial charge in [-0.05, 0) is 55.5 Å². The van der Waals surface area contributed by atoms with Crippen molar-refractivity contribution in [3.8, 4) is 0 Å². The van der Waals surface area contributed by atoms with Crippen LogP contribution in [0.1, 0.15) is 15.9 Å². The highest BCUT2D eigenvalue weighted by atomic mass is 35.5. The van der Waals surface area contributed by atoms with E-state index in [9.17, 15) is 13.2 Å². The van der Waals surface area contributed by atoms with Crippen LogP contribution in [0.5, 0.6) is 0 Å². The molecule has 0 radical (unpaired) electrons. The predicted molar refractivity (Wildman–Crippen MR) is 141 cm³/mol. The van der Waals surface area contributed by atoms with Crippen molar-refractivity contribution in [3.63, 3.8) is 0 Å². The quantitative estimate of drug-likeness (QED) is 0.287. The molecule has 0 spiro atoms. The van der Waals surface area contributed by atoms with Gasteiger partial charge in [-0.15, -0.1) is 6.58 Å². The summed E-state index contributed by atoms with van der Waals surface area (Å²) in [7, 11) is -4.11. The van der Waals surface area contributed by atoms with Gasteiger partial charge in [-0.3, -0.25) is 4.79 Å². The molecule has 2 aromatic heterocycles. The van der Waals surface area contributed by atoms with E-state index in [0.29, 0.717) is 27.3 Å². The van der Waals surface area contributed by atoms with Gasteiger partial charge in [-0.1, -0.05) is 47.5 Å². The first-order valence-corrected chi connectivity index (χ1v) is 12.9. The third kappa shape index (κ3) is 4.14. The summed E-state index contributed by atoms with van der Waals surface area (Å²) in [5.74, 6) is -0.426. The average molecular weight is 517 g/mol. The van der Waals surface area contributed by atoms with Gasteiger partial charge in [-0.2, -0.15) is 0 Å². The van der Waals surface area contributed by atoms with Gasteiger partial charge in [0.15, 0.2) is 5.65 Å². The van der Waals surface area contributed by atoms with Crippen molar-refractivity contribution in [2.24, 2.45) is 0 Å². The van der Waals surface area contributed by atoms with Crippen LogP contribution in [0.2, 0.25) is 5.02 Å². The van der Waals surface area contributed by atoms with Gasteiger partial charge in [0.1, 0.15) is 16.2 Å². The lowest BCUT2D eigenvalue weighted by Gasteiger charge is -2.12. The molecular formula is C27H21ClN4O3S. The van der Waals surface area contributed by atoms with Crippen molar-refractivity contribution < 1.29 is 13.2 Å². The second-order valence-electron chi connectivity index (χ2n) is 8.24. The molecule has 0 aliphatic rings. The molecule has 0 aliphatic carbocycles. The van der Waals surface area contributed by atoms with E-state index in [2.05, 4.69) is 16.9 Å². The zero-order valence-electron chi connectivity index (χ0n) is 19.3. The van der Waals surface area contributed by atoms with Crippen LogP contribution in [0.3, 0.4) is 0 Å². The second-order valence-corrected chi connectivity index (χ2v) is 10.6. The standard InChI is InChI=1S/C27H21ClN4O3S/c1-3-16-32-25-23(29-21-6-4-5-7-22(21)30-25)24(36(34,35)20-14-8-17(2)9-15-20)26(32)31-27(33)18-10-12-19(28)13-11-18/h3-15H,1,16H2,2H3,(H,31,33). The topological polar surface area (TPSA) is 94.0 Å². The first-order valence-electron chi connectivity index (χ1n) is 11.1. The number of fused-ring (bicyclic) bond motifs is 2. The molecule has 2 heterocycles. The minimum absolute atomic E-state index is 0.0701. The first-order chi connectivity index (χ1) is 17.3. The molecule has 9 heteroatoms. The third-order valence-corrected chi connectivity index (χ3v) is 7.83. The Bertz CT molecular complexity index is 1740. The van der Waals surface area contributed by atoms with Gasteiger partial charge >= 0.3 is 0 Å². The number of nitrogens with zero attached hydrogens (tertiary/aromatic N) is 3. The lowest BCUT2D eigenvalue weighted by Crippen LogP contribution is -2.17. The summed E-state index contributed by atoms with van der Waals surface area (Å²) in [5.41, 5.74) is 2.87. The van der Waals surface area contributed by atoms with Gasteiger partial charge in [0.25, 0.3) is 5.91 Å². The van der Waals surface area contributed by atoms with Crippen molar-refractivity contribution in [3.05, 3.63) is 102 Å². The summed E-state index contributed by atoms with van der Waals surface area (Å²) < 4.78 is 29.6. The Morgan fingerprint density at radius 3 is 2.28 bits per heavy atom. The molecule has 0 saturated carbocycles. The number of carbonyl (C=O) groups excluding carboxylic acids is 1. The Labute approximate surface area is 213 Å². The van der Waals surface area contributed by atoms with Crippen LogP contribution >= 0.6 is 11.6 Å². The largest absolute Gasteiger partial charge is 0.307 e. The normalized spacial score (nSPS) is 11.6. The zero-order chi connectivity index (χ0) is 25.4. The Kier molecular flexibility index (Phi) is 6.07. The number of para-hydroxylation sites is 2. The van der Waals surface area contributed by atoms with E-state index in [1.165, 1.54) is 0 Å². The van der Waals surface area contributed by atoms with Crippen molar-refractivity contribution in [2.45, 2.75) is 23.3 Å². The number of carbonyl (C=O) groups is 1. The van der Waals surface area contributed by atoms with E-state index in [0.717, 1.165) is 5.56 Å². The molecule has 3 aromatic carbocycles. The molecule has 0 bridgehead atoms. The van der Waals surface area contributed by atoms with Crippen molar-refractivity contribution in [1.29, 1.82) is 0 Å². The fourth-order valence-electron chi connectivity index (χ4n) is 3.97. The smallest absolute Gasteiger partial charge is 0.256 e. The first kappa shape index (κ1) is 23.7. The SMILES string of the molecule is C=CCn1c(NC(=O)c2ccc(Cl)cc2)c(S(=O)(=O)c2ccc(C)cc2)c2nc3ccccc3nc21. The van der Waals surface area contributed by atoms with Crippen LogP contribution in [0.25, 0.3) is 22.2 Å². The number of hydrogen-bond acceptors (Lipinski definition) is 5. The van der Waals surface area contributed by atoms with Gasteiger partial charge in [0, 0.05) is 17.1 Å². The minimum Gasteiger partial charge on any atom is -0.307 e. The fourth-order valence-corrected chi connectivity index (χ4v) is 5.64. The van der Waals surface area contributed by atoms with Crippen molar-refractivity contribution in [2.75, 3.05) is 5.32 Å². The lowest BCUT2D eigenvalue weighted by molar-refractivity contribution is 0.102. The summed E-state index contributed by atoms with van der Waals surface area (Å²) in [6.07, 6.45) is 1.61. The van der Waals surface area contributed by atoms with Gasteiger partial charge < -0.3 is 9.88 Å². The number of sulfone groups is 1. The van der Waals surface area contributed by atoms with Crippen LogP contribution in [0.4, 0.5) is 5.82 Å². The number of anilines is 1. The zero-order valence-corrected chi connectivity index (χ0v) is 20.8. The van der Waals surface area contributed by atoms with E-state index in [1.54, 1.807) is 77.4 Å². The number of aryl methyl sites for hydroxylation is 1. The Morgan fingerprint density at radius 1 is 1.00 bits per heavy atom. The monoisotopic (exact) mass is 516 g/mol. The molecule has 0 unspecified atom stereocenters. The van der Waals surface area contributed by atoms with Gasteiger partial charge in [0.2, 0.25) is 9.84 Å². The van der Waals surface area contributed by atoms with Gasteiger partial charge in [-0.25, -0.2) is 18.4 Å². The number of nitrogens with one attached hydrogen (secondary N) is 1. The van der Waals surface area contributed by atoms with E-state index < -0.39 is 15.7 Å². The molecule has 180 valence electrons. The number of allylic oxidation sites excluding steroid dienone is 1. The molecule has 0 atom stereocenters. The molecule has 1 N–H and O–H groups in total. The second kappa shape index (κ2) is 9.22. The number of hydrogen-bond donors (Lipinski definition) is 1. The molecule has 36 heavy (non-hydrogen) atoms. The third-order valence-electron chi connectivity index (χ3n) is 5.76. The maximum Gasteiger partial charge on any atom is 0.256 e. The Balaban J connectivity index is 1.81. The van der Waals surface area contributed by atoms with Crippen LogP contribution < -0.4 is 5.32 Å². The van der Waals surface area contributed by atoms with Crippen LogP contribution in [0.15, 0.2) is 95.2 Å². The molecule has 5 rings (SSSR count). The van der Waals surface area contributed by atoms with Gasteiger partial charge in [0.05, 0.1) is 15.9 Å². The molecular weight excluding hydrogens is 496 g/mol. The highest BCUT2D eigenvalue weighted by Gasteiger charge is 2.32. The molecule has 0 fully saturated rings. The molecule has 5 aromatic rings. The molecule has 0 saturated heterocycles. The fraction of sp³-hybridized carbons (Fsp3) is 0.0741. The van der Waals surface area contributed by atoms with E-state index in [1.807, 2.05) is 13.0 Å². The summed E-state index contributed by atoms with van der Waals surface area (Å²) >= 11 is 5.97. The lowest BCUT2D eigenvalue weighted by atomic mass is 10.2. The summed E-state index contributed by atoms with van der Waals surface area (Å²) in [6, 6.07) is 20.1. The Morgan fingerprint density at radius 2 is 1.64 bits per heavy atom. The predicted octanol–water partition coefficient (Wildman–Crippen LogP) is 5.82. The van der Waals surface area contributed by atoms with Crippen LogP contribution in [0, 0.1) is 6.92 Å². The number of halogens is 1. The van der Waals surface area contributed by atoms with Crippen molar-refractivity contribution >= 4 is 55.4 Å². The van der Waals surface area contributed by atoms with E-state index in [-0.39, 0.29) is 27.7 Å². The number of amides is 1. The molecule has 0 aliphatic heterocycles. The molecule has 7 nitrogen and oxygen atoms in total. The number of aromatic nitrogens is 3. The summed E-state index contributed by atoms with van der Waals surface area (Å²) in [4.78, 5) is 22.6. The van der Waals surface area contributed by atoms with E-state index in [4.69, 9.17) is 16.6 Å². The average Bonchev–Trinajstić information content (AvgIpc) is 3.16. The maximum atomic E-state index is 14.0. The summed E-state index contributed by atoms with van der Waals surface area (Å²) in [6.45, 7) is 5.88. The Hall–Kier alpha value is -4.01. The number of benzene rings is 3. The highest BCUT2D eigenvalue weighted by molar-refractivity contribution is 7.92. The van der Waals surface area contributed by atoms with E-state index >= 15 is 0 Å². The highest BCUT2D eigenvalue weighted by Crippen LogP contribution is 2.37. The van der Waals surface area contributed by atoms with Crippen LogP contribution in [-0.2, 0) is 16.4 Å². The maximum absolute atomic E-state index is 14.0. The van der Waals surface area contributed by atoms with Crippen molar-refractivity contribution in [1.82, 2.24) is 14.5 Å². The minimum atomic E-state index is -4.11. The van der Waals surface area contributed by atoms with Crippen LogP contribution in [-0.4, -0.2) is 28.9 Å². The summed E-state index contributed by atoms with van der Waals surface area (Å²) in [5, 5.41) is 3.29. The number of rotatable bonds is 6.